The van der Waals surface area contributed by atoms with Gasteiger partial charge in [-0.25, -0.2) is 0 Å². The zero-order chi connectivity index (χ0) is 12.7. The lowest BCUT2D eigenvalue weighted by atomic mass is 10.2. The molecule has 0 unspecified atom stereocenters. The van der Waals surface area contributed by atoms with E-state index in [4.69, 9.17) is 14.2 Å². The van der Waals surface area contributed by atoms with E-state index >= 15 is 0 Å². The van der Waals surface area contributed by atoms with Crippen LogP contribution in [-0.4, -0.2) is 27.1 Å². The Morgan fingerprint density at radius 3 is 2.12 bits per heavy atom. The number of methoxy groups -OCH3 is 3. The van der Waals surface area contributed by atoms with Gasteiger partial charge in [-0.2, -0.15) is 11.8 Å². The molecule has 1 aromatic carbocycles. The van der Waals surface area contributed by atoms with Crippen molar-refractivity contribution >= 4 is 11.8 Å². The molecule has 0 aromatic heterocycles. The Hall–Kier alpha value is -1.29. The lowest BCUT2D eigenvalue weighted by Crippen LogP contribution is -1.96. The van der Waals surface area contributed by atoms with Crippen molar-refractivity contribution in [2.24, 2.45) is 0 Å². The van der Waals surface area contributed by atoms with E-state index in [1.54, 1.807) is 33.1 Å². The summed E-state index contributed by atoms with van der Waals surface area (Å²) in [4.78, 5) is 0. The zero-order valence-electron chi connectivity index (χ0n) is 10.5. The minimum atomic E-state index is 0.632. The van der Waals surface area contributed by atoms with Crippen molar-refractivity contribution in [2.75, 3.05) is 27.1 Å². The quantitative estimate of drug-likeness (QED) is 0.552. The second kappa shape index (κ2) is 7.12. The molecule has 3 nitrogen and oxygen atoms in total. The van der Waals surface area contributed by atoms with Gasteiger partial charge in [-0.15, -0.1) is 6.58 Å². The summed E-state index contributed by atoms with van der Waals surface area (Å²) in [6.45, 7) is 3.70. The van der Waals surface area contributed by atoms with Crippen molar-refractivity contribution in [1.29, 1.82) is 0 Å². The van der Waals surface area contributed by atoms with Crippen LogP contribution in [0.15, 0.2) is 24.8 Å². The predicted molar refractivity (Wildman–Crippen MR) is 72.5 cm³/mol. The lowest BCUT2D eigenvalue weighted by molar-refractivity contribution is 0.324. The van der Waals surface area contributed by atoms with E-state index in [1.165, 1.54) is 0 Å². The fourth-order valence-corrected chi connectivity index (χ4v) is 2.17. The summed E-state index contributed by atoms with van der Waals surface area (Å²) in [5, 5.41) is 0. The third kappa shape index (κ3) is 3.60. The highest BCUT2D eigenvalue weighted by molar-refractivity contribution is 7.98. The number of ether oxygens (including phenoxy) is 3. The maximum Gasteiger partial charge on any atom is 0.203 e. The Morgan fingerprint density at radius 2 is 1.71 bits per heavy atom. The molecule has 4 heteroatoms. The Morgan fingerprint density at radius 1 is 1.12 bits per heavy atom. The van der Waals surface area contributed by atoms with Crippen molar-refractivity contribution in [3.8, 4) is 17.2 Å². The van der Waals surface area contributed by atoms with E-state index in [1.807, 2.05) is 18.2 Å². The zero-order valence-corrected chi connectivity index (χ0v) is 11.3. The van der Waals surface area contributed by atoms with Crippen LogP contribution in [0.1, 0.15) is 5.56 Å². The van der Waals surface area contributed by atoms with Crippen LogP contribution < -0.4 is 14.2 Å². The van der Waals surface area contributed by atoms with Gasteiger partial charge in [-0.3, -0.25) is 0 Å². The molecule has 0 saturated heterocycles. The third-order valence-corrected chi connectivity index (χ3v) is 3.24. The first-order valence-electron chi connectivity index (χ1n) is 5.24. The maximum absolute atomic E-state index is 5.29. The molecule has 0 aliphatic carbocycles. The molecule has 0 N–H and O–H groups in total. The van der Waals surface area contributed by atoms with Gasteiger partial charge in [0, 0.05) is 11.5 Å². The molecule has 0 spiro atoms. The molecular formula is C13H18O3S. The Balaban J connectivity index is 2.96. The SMILES string of the molecule is C=CCSCc1cc(OC)c(OC)c(OC)c1. The smallest absolute Gasteiger partial charge is 0.203 e. The van der Waals surface area contributed by atoms with Crippen molar-refractivity contribution in [1.82, 2.24) is 0 Å². The second-order valence-corrected chi connectivity index (χ2v) is 4.37. The van der Waals surface area contributed by atoms with Crippen LogP contribution in [0.4, 0.5) is 0 Å². The van der Waals surface area contributed by atoms with E-state index < -0.39 is 0 Å². The van der Waals surface area contributed by atoms with Gasteiger partial charge < -0.3 is 14.2 Å². The molecule has 0 aliphatic heterocycles. The number of hydrogen-bond donors (Lipinski definition) is 0. The fourth-order valence-electron chi connectivity index (χ4n) is 1.48. The Bertz CT molecular complexity index is 352. The summed E-state index contributed by atoms with van der Waals surface area (Å²) in [6, 6.07) is 3.94. The van der Waals surface area contributed by atoms with E-state index in [0.717, 1.165) is 17.1 Å². The first-order valence-corrected chi connectivity index (χ1v) is 6.39. The average Bonchev–Trinajstić information content (AvgIpc) is 2.37. The number of hydrogen-bond acceptors (Lipinski definition) is 4. The van der Waals surface area contributed by atoms with Gasteiger partial charge in [0.25, 0.3) is 0 Å². The molecule has 17 heavy (non-hydrogen) atoms. The molecule has 0 heterocycles. The average molecular weight is 254 g/mol. The van der Waals surface area contributed by atoms with Crippen LogP contribution in [-0.2, 0) is 5.75 Å². The van der Waals surface area contributed by atoms with Gasteiger partial charge in [0.2, 0.25) is 5.75 Å². The maximum atomic E-state index is 5.29. The second-order valence-electron chi connectivity index (χ2n) is 3.34. The van der Waals surface area contributed by atoms with Gasteiger partial charge in [0.1, 0.15) is 0 Å². The first-order chi connectivity index (χ1) is 8.26. The van der Waals surface area contributed by atoms with E-state index in [9.17, 15) is 0 Å². The summed E-state index contributed by atoms with van der Waals surface area (Å²) in [5.41, 5.74) is 1.14. The molecule has 0 amide bonds. The first kappa shape index (κ1) is 13.8. The van der Waals surface area contributed by atoms with Crippen LogP contribution in [0, 0.1) is 0 Å². The summed E-state index contributed by atoms with van der Waals surface area (Å²) < 4.78 is 15.8. The highest BCUT2D eigenvalue weighted by atomic mass is 32.2. The van der Waals surface area contributed by atoms with Crippen molar-refractivity contribution in [2.45, 2.75) is 5.75 Å². The van der Waals surface area contributed by atoms with E-state index in [2.05, 4.69) is 6.58 Å². The largest absolute Gasteiger partial charge is 0.493 e. The molecule has 94 valence electrons. The summed E-state index contributed by atoms with van der Waals surface area (Å²) in [6.07, 6.45) is 1.89. The third-order valence-electron chi connectivity index (χ3n) is 2.23. The van der Waals surface area contributed by atoms with Crippen LogP contribution in [0.3, 0.4) is 0 Å². The van der Waals surface area contributed by atoms with Gasteiger partial charge in [-0.05, 0) is 17.7 Å². The minimum absolute atomic E-state index is 0.632. The minimum Gasteiger partial charge on any atom is -0.493 e. The highest BCUT2D eigenvalue weighted by Crippen LogP contribution is 2.38. The highest BCUT2D eigenvalue weighted by Gasteiger charge is 2.12. The molecule has 0 aliphatic rings. The monoisotopic (exact) mass is 254 g/mol. The van der Waals surface area contributed by atoms with Crippen LogP contribution in [0.25, 0.3) is 0 Å². The van der Waals surface area contributed by atoms with E-state index in [0.29, 0.717) is 17.2 Å². The summed E-state index contributed by atoms with van der Waals surface area (Å²) in [7, 11) is 4.85. The summed E-state index contributed by atoms with van der Waals surface area (Å²) in [5.74, 6) is 3.84. The predicted octanol–water partition coefficient (Wildman–Crippen LogP) is 3.13. The molecule has 0 saturated carbocycles. The van der Waals surface area contributed by atoms with Crippen molar-refractivity contribution < 1.29 is 14.2 Å². The number of thioether (sulfide) groups is 1. The normalized spacial score (nSPS) is 9.82. The van der Waals surface area contributed by atoms with Gasteiger partial charge in [0.15, 0.2) is 11.5 Å². The van der Waals surface area contributed by atoms with Gasteiger partial charge in [-0.1, -0.05) is 6.08 Å². The van der Waals surface area contributed by atoms with Gasteiger partial charge in [0.05, 0.1) is 21.3 Å². The lowest BCUT2D eigenvalue weighted by Gasteiger charge is -2.13. The fraction of sp³-hybridized carbons (Fsp3) is 0.385. The van der Waals surface area contributed by atoms with Crippen LogP contribution in [0.2, 0.25) is 0 Å². The van der Waals surface area contributed by atoms with Gasteiger partial charge >= 0.3 is 0 Å². The summed E-state index contributed by atoms with van der Waals surface area (Å²) >= 11 is 1.79. The van der Waals surface area contributed by atoms with E-state index in [-0.39, 0.29) is 0 Å². The molecule has 0 fully saturated rings. The molecule has 0 radical (unpaired) electrons. The molecule has 0 atom stereocenters. The Labute approximate surface area is 107 Å². The van der Waals surface area contributed by atoms with Crippen LogP contribution in [0.5, 0.6) is 17.2 Å². The topological polar surface area (TPSA) is 27.7 Å². The van der Waals surface area contributed by atoms with Crippen molar-refractivity contribution in [3.63, 3.8) is 0 Å². The molecule has 1 rings (SSSR count). The molecule has 0 bridgehead atoms. The van der Waals surface area contributed by atoms with Crippen LogP contribution >= 0.6 is 11.8 Å². The standard InChI is InChI=1S/C13H18O3S/c1-5-6-17-9-10-7-11(14-2)13(16-4)12(8-10)15-3/h5,7-8H,1,6,9H2,2-4H3. The Kier molecular flexibility index (Phi) is 5.77. The van der Waals surface area contributed by atoms with Crippen molar-refractivity contribution in [3.05, 3.63) is 30.4 Å². The number of rotatable bonds is 7. The molecule has 1 aromatic rings. The molecular weight excluding hydrogens is 236 g/mol. The number of benzene rings is 1.